The van der Waals surface area contributed by atoms with E-state index >= 15 is 0 Å². The first kappa shape index (κ1) is 17.5. The monoisotopic (exact) mass is 364 g/mol. The molecular formula is C21H21FN4O. The third-order valence-corrected chi connectivity index (χ3v) is 4.56. The van der Waals surface area contributed by atoms with E-state index in [2.05, 4.69) is 14.9 Å². The summed E-state index contributed by atoms with van der Waals surface area (Å²) in [4.78, 5) is 15.8. The van der Waals surface area contributed by atoms with Gasteiger partial charge in [0.25, 0.3) is 0 Å². The third-order valence-electron chi connectivity index (χ3n) is 4.56. The summed E-state index contributed by atoms with van der Waals surface area (Å²) in [6, 6.07) is 14.2. The lowest BCUT2D eigenvalue weighted by Gasteiger charge is -2.33. The number of ether oxygens (including phenoxy) is 1. The first-order chi connectivity index (χ1) is 13.1. The van der Waals surface area contributed by atoms with Gasteiger partial charge in [-0.1, -0.05) is 18.2 Å². The molecule has 5 nitrogen and oxygen atoms in total. The van der Waals surface area contributed by atoms with Gasteiger partial charge in [0.05, 0.1) is 24.5 Å². The minimum Gasteiger partial charge on any atom is -0.368 e. The molecule has 6 heteroatoms. The topological polar surface area (TPSA) is 51.1 Å². The van der Waals surface area contributed by atoms with Crippen LogP contribution in [0, 0.1) is 19.7 Å². The number of hydrogen-bond acceptors (Lipinski definition) is 5. The van der Waals surface area contributed by atoms with Gasteiger partial charge in [0, 0.05) is 23.9 Å². The Morgan fingerprint density at radius 3 is 2.70 bits per heavy atom. The van der Waals surface area contributed by atoms with Crippen molar-refractivity contribution in [3.8, 4) is 11.3 Å². The Morgan fingerprint density at radius 1 is 1.04 bits per heavy atom. The number of pyridine rings is 1. The lowest BCUT2D eigenvalue weighted by atomic mass is 10.1. The third kappa shape index (κ3) is 3.95. The van der Waals surface area contributed by atoms with E-state index in [4.69, 9.17) is 9.72 Å². The minimum absolute atomic E-state index is 0.164. The predicted molar refractivity (Wildman–Crippen MR) is 102 cm³/mol. The van der Waals surface area contributed by atoms with Crippen molar-refractivity contribution in [1.29, 1.82) is 0 Å². The van der Waals surface area contributed by atoms with Gasteiger partial charge in [-0.05, 0) is 38.1 Å². The molecule has 0 amide bonds. The Bertz CT molecular complexity index is 942. The molecule has 27 heavy (non-hydrogen) atoms. The molecule has 1 aliphatic rings. The van der Waals surface area contributed by atoms with Crippen LogP contribution in [-0.2, 0) is 4.74 Å². The molecule has 0 unspecified atom stereocenters. The molecule has 4 rings (SSSR count). The summed E-state index contributed by atoms with van der Waals surface area (Å²) in [5.74, 6) is 1.41. The largest absolute Gasteiger partial charge is 0.368 e. The molecule has 0 saturated carbocycles. The summed E-state index contributed by atoms with van der Waals surface area (Å²) < 4.78 is 19.5. The second-order valence-electron chi connectivity index (χ2n) is 6.68. The van der Waals surface area contributed by atoms with Gasteiger partial charge in [0.1, 0.15) is 23.6 Å². The standard InChI is InChI=1S/C21H21FN4O/c1-14-11-21(24-15(2)23-14)26-9-10-27-20(13-26)19-8-4-7-18(25-19)16-5-3-6-17(22)12-16/h3-8,11-12,20H,9-10,13H2,1-2H3/t20-/m1/s1. The molecule has 0 bridgehead atoms. The molecule has 0 radical (unpaired) electrons. The summed E-state index contributed by atoms with van der Waals surface area (Å²) in [5.41, 5.74) is 3.28. The number of aryl methyl sites for hydroxylation is 2. The van der Waals surface area contributed by atoms with Crippen LogP contribution in [0.3, 0.4) is 0 Å². The van der Waals surface area contributed by atoms with Crippen LogP contribution in [0.15, 0.2) is 48.5 Å². The Hall–Kier alpha value is -2.86. The minimum atomic E-state index is -0.269. The van der Waals surface area contributed by atoms with E-state index in [1.165, 1.54) is 12.1 Å². The summed E-state index contributed by atoms with van der Waals surface area (Å²) in [6.07, 6.45) is -0.164. The molecule has 1 aromatic carbocycles. The van der Waals surface area contributed by atoms with Gasteiger partial charge in [-0.2, -0.15) is 0 Å². The highest BCUT2D eigenvalue weighted by molar-refractivity contribution is 5.59. The van der Waals surface area contributed by atoms with Crippen LogP contribution in [0.2, 0.25) is 0 Å². The number of benzene rings is 1. The second kappa shape index (κ2) is 7.40. The fourth-order valence-corrected chi connectivity index (χ4v) is 3.34. The molecule has 1 atom stereocenters. The number of anilines is 1. The van der Waals surface area contributed by atoms with Gasteiger partial charge < -0.3 is 9.64 Å². The maximum atomic E-state index is 13.5. The van der Waals surface area contributed by atoms with E-state index in [9.17, 15) is 4.39 Å². The summed E-state index contributed by atoms with van der Waals surface area (Å²) in [7, 11) is 0. The Balaban J connectivity index is 1.59. The van der Waals surface area contributed by atoms with E-state index in [0.717, 1.165) is 40.8 Å². The summed E-state index contributed by atoms with van der Waals surface area (Å²) in [6.45, 7) is 5.91. The van der Waals surface area contributed by atoms with E-state index in [1.54, 1.807) is 6.07 Å². The van der Waals surface area contributed by atoms with E-state index < -0.39 is 0 Å². The number of halogens is 1. The first-order valence-electron chi connectivity index (χ1n) is 9.00. The van der Waals surface area contributed by atoms with E-state index in [0.29, 0.717) is 13.2 Å². The van der Waals surface area contributed by atoms with Crippen molar-refractivity contribution in [3.63, 3.8) is 0 Å². The fourth-order valence-electron chi connectivity index (χ4n) is 3.34. The highest BCUT2D eigenvalue weighted by Crippen LogP contribution is 2.26. The lowest BCUT2D eigenvalue weighted by Crippen LogP contribution is -2.39. The Kier molecular flexibility index (Phi) is 4.81. The van der Waals surface area contributed by atoms with Gasteiger partial charge in [0.15, 0.2) is 0 Å². The molecule has 1 fully saturated rings. The van der Waals surface area contributed by atoms with Crippen LogP contribution in [-0.4, -0.2) is 34.6 Å². The quantitative estimate of drug-likeness (QED) is 0.706. The zero-order valence-corrected chi connectivity index (χ0v) is 15.4. The lowest BCUT2D eigenvalue weighted by molar-refractivity contribution is 0.0368. The molecule has 0 aliphatic carbocycles. The van der Waals surface area contributed by atoms with Crippen molar-refractivity contribution in [2.45, 2.75) is 20.0 Å². The number of morpholine rings is 1. The molecule has 0 spiro atoms. The van der Waals surface area contributed by atoms with Crippen LogP contribution in [0.1, 0.15) is 23.3 Å². The molecule has 3 heterocycles. The van der Waals surface area contributed by atoms with Crippen molar-refractivity contribution in [2.24, 2.45) is 0 Å². The van der Waals surface area contributed by atoms with Crippen LogP contribution < -0.4 is 4.90 Å². The van der Waals surface area contributed by atoms with Crippen LogP contribution >= 0.6 is 0 Å². The highest BCUT2D eigenvalue weighted by atomic mass is 19.1. The van der Waals surface area contributed by atoms with Gasteiger partial charge in [-0.3, -0.25) is 0 Å². The molecule has 3 aromatic rings. The SMILES string of the molecule is Cc1cc(N2CCO[C@@H](c3cccc(-c4cccc(F)c4)n3)C2)nc(C)n1. The molecule has 1 saturated heterocycles. The van der Waals surface area contributed by atoms with E-state index in [1.807, 2.05) is 44.2 Å². The van der Waals surface area contributed by atoms with E-state index in [-0.39, 0.29) is 11.9 Å². The average molecular weight is 364 g/mol. The van der Waals surface area contributed by atoms with Crippen molar-refractivity contribution in [3.05, 3.63) is 71.6 Å². The summed E-state index contributed by atoms with van der Waals surface area (Å²) in [5, 5.41) is 0. The Morgan fingerprint density at radius 2 is 1.89 bits per heavy atom. The number of nitrogens with zero attached hydrogens (tertiary/aromatic N) is 4. The van der Waals surface area contributed by atoms with Gasteiger partial charge >= 0.3 is 0 Å². The highest BCUT2D eigenvalue weighted by Gasteiger charge is 2.24. The molecular weight excluding hydrogens is 343 g/mol. The molecule has 138 valence electrons. The molecule has 1 aliphatic heterocycles. The second-order valence-corrected chi connectivity index (χ2v) is 6.68. The van der Waals surface area contributed by atoms with Gasteiger partial charge in [0.2, 0.25) is 0 Å². The zero-order valence-electron chi connectivity index (χ0n) is 15.4. The van der Waals surface area contributed by atoms with Crippen molar-refractivity contribution >= 4 is 5.82 Å². The zero-order chi connectivity index (χ0) is 18.8. The normalized spacial score (nSPS) is 17.1. The maximum absolute atomic E-state index is 13.5. The predicted octanol–water partition coefficient (Wildman–Crippen LogP) is 3.87. The van der Waals surface area contributed by atoms with Crippen molar-refractivity contribution < 1.29 is 9.13 Å². The number of rotatable bonds is 3. The van der Waals surface area contributed by atoms with Gasteiger partial charge in [-0.15, -0.1) is 0 Å². The van der Waals surface area contributed by atoms with Crippen molar-refractivity contribution in [2.75, 3.05) is 24.6 Å². The number of aromatic nitrogens is 3. The Labute approximate surface area is 157 Å². The summed E-state index contributed by atoms with van der Waals surface area (Å²) >= 11 is 0. The molecule has 2 aromatic heterocycles. The maximum Gasteiger partial charge on any atom is 0.132 e. The number of hydrogen-bond donors (Lipinski definition) is 0. The van der Waals surface area contributed by atoms with Crippen LogP contribution in [0.4, 0.5) is 10.2 Å². The van der Waals surface area contributed by atoms with Crippen LogP contribution in [0.5, 0.6) is 0 Å². The van der Waals surface area contributed by atoms with Gasteiger partial charge in [-0.25, -0.2) is 19.3 Å². The fraction of sp³-hybridized carbons (Fsp3) is 0.286. The first-order valence-corrected chi connectivity index (χ1v) is 9.00. The molecule has 0 N–H and O–H groups in total. The smallest absolute Gasteiger partial charge is 0.132 e. The average Bonchev–Trinajstić information content (AvgIpc) is 2.67. The van der Waals surface area contributed by atoms with Crippen LogP contribution in [0.25, 0.3) is 11.3 Å². The van der Waals surface area contributed by atoms with Crippen molar-refractivity contribution in [1.82, 2.24) is 15.0 Å².